The van der Waals surface area contributed by atoms with Crippen molar-refractivity contribution in [2.75, 3.05) is 11.5 Å². The van der Waals surface area contributed by atoms with E-state index in [9.17, 15) is 14.4 Å². The molecule has 7 aromatic rings. The molecule has 0 aliphatic rings. The fourth-order valence-electron chi connectivity index (χ4n) is 6.38. The van der Waals surface area contributed by atoms with Gasteiger partial charge >= 0.3 is 11.9 Å². The molecule has 0 aliphatic heterocycles. The molecule has 0 saturated carbocycles. The SMILES string of the molecule is C/C(=N/OC(=O)c1ccccc1)c1ccc(N(c2ccc(C(=O)c3ccccc3)cc2)c2ccc(C(C)C)c3ccccc23)cc1.CCOC(=O)c1ccccc1. The highest BCUT2D eigenvalue weighted by Crippen LogP contribution is 2.41. The van der Waals surface area contributed by atoms with Crippen LogP contribution >= 0.6 is 0 Å². The number of carbonyl (C=O) groups excluding carboxylic acids is 3. The molecule has 7 heteroatoms. The second-order valence-electron chi connectivity index (χ2n) is 13.5. The van der Waals surface area contributed by atoms with E-state index in [1.54, 1.807) is 43.3 Å². The van der Waals surface area contributed by atoms with Crippen LogP contribution in [0.4, 0.5) is 17.1 Å². The Kier molecular flexibility index (Phi) is 13.2. The van der Waals surface area contributed by atoms with E-state index in [0.717, 1.165) is 28.0 Å². The lowest BCUT2D eigenvalue weighted by atomic mass is 9.94. The maximum absolute atomic E-state index is 13.2. The van der Waals surface area contributed by atoms with Crippen molar-refractivity contribution in [2.45, 2.75) is 33.6 Å². The van der Waals surface area contributed by atoms with Gasteiger partial charge in [-0.3, -0.25) is 4.79 Å². The minimum Gasteiger partial charge on any atom is -0.462 e. The Morgan fingerprint density at radius 2 is 0.982 bits per heavy atom. The Labute approximate surface area is 333 Å². The highest BCUT2D eigenvalue weighted by atomic mass is 16.7. The molecule has 0 N–H and O–H groups in total. The molecule has 57 heavy (non-hydrogen) atoms. The predicted molar refractivity (Wildman–Crippen MR) is 229 cm³/mol. The van der Waals surface area contributed by atoms with Crippen LogP contribution in [0, 0.1) is 0 Å². The Hall–Kier alpha value is -7.12. The molecule has 7 aromatic carbocycles. The molecule has 0 amide bonds. The number of ketones is 1. The maximum atomic E-state index is 13.2. The third-order valence-electron chi connectivity index (χ3n) is 9.32. The molecular formula is C50H44N2O5. The van der Waals surface area contributed by atoms with Gasteiger partial charge in [0.25, 0.3) is 0 Å². The summed E-state index contributed by atoms with van der Waals surface area (Å²) >= 11 is 0. The van der Waals surface area contributed by atoms with E-state index in [1.165, 1.54) is 10.9 Å². The number of carbonyl (C=O) groups is 3. The Morgan fingerprint density at radius 1 is 0.526 bits per heavy atom. The van der Waals surface area contributed by atoms with Gasteiger partial charge in [0.15, 0.2) is 5.78 Å². The topological polar surface area (TPSA) is 85.3 Å². The van der Waals surface area contributed by atoms with Crippen molar-refractivity contribution in [2.24, 2.45) is 5.16 Å². The molecule has 7 rings (SSSR count). The number of nitrogens with zero attached hydrogens (tertiary/aromatic N) is 2. The molecule has 0 heterocycles. The van der Waals surface area contributed by atoms with Crippen LogP contribution in [0.5, 0.6) is 0 Å². The highest BCUT2D eigenvalue weighted by Gasteiger charge is 2.19. The highest BCUT2D eigenvalue weighted by molar-refractivity contribution is 6.09. The fourth-order valence-corrected chi connectivity index (χ4v) is 6.38. The van der Waals surface area contributed by atoms with Crippen molar-refractivity contribution in [3.8, 4) is 0 Å². The van der Waals surface area contributed by atoms with E-state index in [-0.39, 0.29) is 11.8 Å². The molecule has 0 bridgehead atoms. The van der Waals surface area contributed by atoms with Gasteiger partial charge in [-0.2, -0.15) is 0 Å². The standard InChI is InChI=1S/C41H34N2O3.C9H10O2/c1-28(2)36-26-27-39(38-17-11-10-16-37(36)38)43(35-24-20-32(21-25-35)40(44)31-12-6-4-7-13-31)34-22-18-30(19-23-34)29(3)42-46-41(45)33-14-8-5-9-15-33;1-2-11-9(10)8-6-4-3-5-7-8/h4-28H,1-3H3;3-7H,2H2,1H3/b42-29-;. The summed E-state index contributed by atoms with van der Waals surface area (Å²) in [6.07, 6.45) is 0. The van der Waals surface area contributed by atoms with Gasteiger partial charge in [-0.25, -0.2) is 9.59 Å². The lowest BCUT2D eigenvalue weighted by Crippen LogP contribution is -2.12. The molecule has 0 radical (unpaired) electrons. The zero-order valence-corrected chi connectivity index (χ0v) is 32.5. The molecule has 284 valence electrons. The van der Waals surface area contributed by atoms with Crippen LogP contribution in [0.15, 0.2) is 181 Å². The fraction of sp³-hybridized carbons (Fsp3) is 0.120. The monoisotopic (exact) mass is 752 g/mol. The minimum atomic E-state index is -0.506. The molecule has 0 aliphatic carbocycles. The number of rotatable bonds is 11. The second-order valence-corrected chi connectivity index (χ2v) is 13.5. The van der Waals surface area contributed by atoms with E-state index in [2.05, 4.69) is 60.3 Å². The number of anilines is 3. The first-order valence-electron chi connectivity index (χ1n) is 18.9. The quantitative estimate of drug-likeness (QED) is 0.0430. The van der Waals surface area contributed by atoms with Gasteiger partial charge in [-0.15, -0.1) is 0 Å². The summed E-state index contributed by atoms with van der Waals surface area (Å²) in [5, 5.41) is 6.44. The third kappa shape index (κ3) is 9.77. The van der Waals surface area contributed by atoms with Crippen molar-refractivity contribution >= 4 is 51.3 Å². The molecule has 0 atom stereocenters. The van der Waals surface area contributed by atoms with Gasteiger partial charge in [-0.1, -0.05) is 128 Å². The number of fused-ring (bicyclic) bond motifs is 1. The molecule has 7 nitrogen and oxygen atoms in total. The summed E-state index contributed by atoms with van der Waals surface area (Å²) in [6.45, 7) is 8.45. The molecule has 0 saturated heterocycles. The molecule has 0 unspecified atom stereocenters. The number of ether oxygens (including phenoxy) is 1. The number of hydrogen-bond acceptors (Lipinski definition) is 7. The van der Waals surface area contributed by atoms with Crippen molar-refractivity contribution < 1.29 is 24.0 Å². The first-order valence-corrected chi connectivity index (χ1v) is 18.9. The summed E-state index contributed by atoms with van der Waals surface area (Å²) in [5.41, 5.74) is 7.90. The first kappa shape index (κ1) is 39.6. The Balaban J connectivity index is 0.000000432. The van der Waals surface area contributed by atoms with Crippen LogP contribution in [0.2, 0.25) is 0 Å². The van der Waals surface area contributed by atoms with E-state index < -0.39 is 5.97 Å². The van der Waals surface area contributed by atoms with E-state index >= 15 is 0 Å². The van der Waals surface area contributed by atoms with Crippen molar-refractivity contribution in [3.63, 3.8) is 0 Å². The minimum absolute atomic E-state index is 0.0162. The number of esters is 1. The smallest absolute Gasteiger partial charge is 0.365 e. The second kappa shape index (κ2) is 19.0. The summed E-state index contributed by atoms with van der Waals surface area (Å²) in [5.74, 6) is -0.410. The van der Waals surface area contributed by atoms with Gasteiger partial charge in [0.05, 0.1) is 29.1 Å². The summed E-state index contributed by atoms with van der Waals surface area (Å²) in [6, 6.07) is 55.7. The van der Waals surface area contributed by atoms with Gasteiger partial charge in [0.2, 0.25) is 0 Å². The Morgan fingerprint density at radius 3 is 1.51 bits per heavy atom. The normalized spacial score (nSPS) is 11.0. The van der Waals surface area contributed by atoms with Crippen molar-refractivity contribution in [1.82, 2.24) is 0 Å². The van der Waals surface area contributed by atoms with E-state index in [0.29, 0.717) is 40.5 Å². The zero-order valence-electron chi connectivity index (χ0n) is 32.5. The van der Waals surface area contributed by atoms with Crippen LogP contribution in [0.1, 0.15) is 81.4 Å². The molecule has 0 spiro atoms. The summed E-state index contributed by atoms with van der Waals surface area (Å²) in [7, 11) is 0. The van der Waals surface area contributed by atoms with Crippen molar-refractivity contribution in [3.05, 3.63) is 209 Å². The Bertz CT molecular complexity index is 2460. The molecule has 0 fully saturated rings. The van der Waals surface area contributed by atoms with Crippen LogP contribution in [-0.2, 0) is 9.57 Å². The number of oxime groups is 1. The first-order chi connectivity index (χ1) is 27.7. The average Bonchev–Trinajstić information content (AvgIpc) is 3.27. The lowest BCUT2D eigenvalue weighted by Gasteiger charge is -2.28. The predicted octanol–water partition coefficient (Wildman–Crippen LogP) is 12.1. The molecular weight excluding hydrogens is 709 g/mol. The maximum Gasteiger partial charge on any atom is 0.365 e. The zero-order chi connectivity index (χ0) is 40.1. The number of hydrogen-bond donors (Lipinski definition) is 0. The summed E-state index contributed by atoms with van der Waals surface area (Å²) in [4.78, 5) is 44.0. The number of benzene rings is 7. The van der Waals surface area contributed by atoms with Crippen LogP contribution < -0.4 is 4.90 Å². The third-order valence-corrected chi connectivity index (χ3v) is 9.32. The molecule has 0 aromatic heterocycles. The van der Waals surface area contributed by atoms with Crippen LogP contribution in [-0.4, -0.2) is 30.0 Å². The van der Waals surface area contributed by atoms with Gasteiger partial charge in [0, 0.05) is 27.9 Å². The largest absolute Gasteiger partial charge is 0.462 e. The van der Waals surface area contributed by atoms with Gasteiger partial charge < -0.3 is 14.5 Å². The lowest BCUT2D eigenvalue weighted by molar-refractivity contribution is 0.0511. The van der Waals surface area contributed by atoms with Crippen LogP contribution in [0.25, 0.3) is 10.8 Å². The summed E-state index contributed by atoms with van der Waals surface area (Å²) < 4.78 is 4.79. The average molecular weight is 753 g/mol. The van der Waals surface area contributed by atoms with Crippen LogP contribution in [0.3, 0.4) is 0 Å². The van der Waals surface area contributed by atoms with E-state index in [1.807, 2.05) is 110 Å². The van der Waals surface area contributed by atoms with Gasteiger partial charge in [-0.05, 0) is 103 Å². The van der Waals surface area contributed by atoms with Crippen molar-refractivity contribution in [1.29, 1.82) is 0 Å². The van der Waals surface area contributed by atoms with Gasteiger partial charge in [0.1, 0.15) is 0 Å². The van der Waals surface area contributed by atoms with E-state index in [4.69, 9.17) is 9.57 Å².